The number of nitrogens with two attached hydrogens (primary N) is 1. The van der Waals surface area contributed by atoms with Crippen LogP contribution in [0.15, 0.2) is 12.4 Å². The maximum Gasteiger partial charge on any atom is 0.254 e. The molecule has 8 N–H and O–H groups in total. The highest BCUT2D eigenvalue weighted by molar-refractivity contribution is 5.97. The van der Waals surface area contributed by atoms with Crippen LogP contribution in [-0.2, 0) is 9.47 Å². The Morgan fingerprint density at radius 1 is 0.706 bits per heavy atom. The highest BCUT2D eigenvalue weighted by atomic mass is 16.5. The lowest BCUT2D eigenvalue weighted by atomic mass is 9.93. The van der Waals surface area contributed by atoms with Crippen LogP contribution in [0.1, 0.15) is 119 Å². The monoisotopic (exact) mass is 708 g/mol. The number of aromatic nitrogens is 4. The van der Waals surface area contributed by atoms with Crippen LogP contribution >= 0.6 is 0 Å². The fraction of sp³-hybridized carbons (Fsp3) is 0.722. The third-order valence-electron chi connectivity index (χ3n) is 10.6. The predicted molar refractivity (Wildman–Crippen MR) is 194 cm³/mol. The van der Waals surface area contributed by atoms with E-state index in [9.17, 15) is 20.3 Å². The van der Waals surface area contributed by atoms with Crippen LogP contribution in [0.3, 0.4) is 0 Å². The van der Waals surface area contributed by atoms with Gasteiger partial charge in [-0.1, -0.05) is 0 Å². The maximum atomic E-state index is 11.7. The number of nitrogens with one attached hydrogen (secondary N) is 4. The van der Waals surface area contributed by atoms with Crippen molar-refractivity contribution < 1.29 is 24.5 Å². The number of hydrogen-bond acceptors (Lipinski definition) is 14. The summed E-state index contributed by atoms with van der Waals surface area (Å²) in [6.07, 6.45) is 18.2. The molecule has 4 atom stereocenters. The van der Waals surface area contributed by atoms with Gasteiger partial charge in [-0.05, 0) is 103 Å². The van der Waals surface area contributed by atoms with Gasteiger partial charge in [-0.25, -0.2) is 9.97 Å². The molecule has 280 valence electrons. The molecule has 2 heterocycles. The number of amides is 1. The summed E-state index contributed by atoms with van der Waals surface area (Å²) in [7, 11) is 3.52. The van der Waals surface area contributed by atoms with Gasteiger partial charge >= 0.3 is 0 Å². The van der Waals surface area contributed by atoms with Crippen molar-refractivity contribution in [2.75, 3.05) is 35.5 Å². The minimum absolute atomic E-state index is 0.0803. The van der Waals surface area contributed by atoms with Gasteiger partial charge in [-0.15, -0.1) is 0 Å². The molecule has 4 aliphatic carbocycles. The van der Waals surface area contributed by atoms with Gasteiger partial charge in [0.2, 0.25) is 11.9 Å². The summed E-state index contributed by atoms with van der Waals surface area (Å²) < 4.78 is 10.8. The van der Waals surface area contributed by atoms with E-state index in [4.69, 9.17) is 15.2 Å². The van der Waals surface area contributed by atoms with Gasteiger partial charge in [0.05, 0.1) is 36.2 Å². The molecule has 0 aromatic carbocycles. The third-order valence-corrected chi connectivity index (χ3v) is 10.6. The fourth-order valence-electron chi connectivity index (χ4n) is 7.61. The Bertz CT molecular complexity index is 1440. The zero-order chi connectivity index (χ0) is 36.2. The van der Waals surface area contributed by atoms with Crippen LogP contribution in [0, 0.1) is 11.3 Å². The van der Waals surface area contributed by atoms with Gasteiger partial charge in [0.25, 0.3) is 5.91 Å². The Morgan fingerprint density at radius 2 is 1.18 bits per heavy atom. The number of rotatable bonds is 11. The first kappa shape index (κ1) is 38.4. The van der Waals surface area contributed by atoms with Gasteiger partial charge < -0.3 is 46.7 Å². The number of carbonyl (C=O) groups is 1. The first-order valence-corrected chi connectivity index (χ1v) is 18.6. The molecule has 15 nitrogen and oxygen atoms in total. The van der Waals surface area contributed by atoms with Crippen molar-refractivity contribution in [3.05, 3.63) is 23.5 Å². The van der Waals surface area contributed by atoms with Crippen LogP contribution in [0.5, 0.6) is 0 Å². The Hall–Kier alpha value is -3.84. The SMILES string of the molecule is COC1CCC(Nc2ncc(C#N)c(N[C@H]3CCC[C@H](O)C3)n2)CC1.COC1CCC(Nc2ncc(C(N)=O)c(N[C@H]3CCC[C@H](O)C3)n2)CC1. The standard InChI is InChI=1S/C18H29N5O3.C18H27N5O2/c1-26-14-7-5-11(6-8-14)22-18-20-10-15(16(19)25)17(23-18)21-12-3-2-4-13(24)9-12;1-25-16-7-5-13(6-8-16)22-18-20-11-12(10-19)17(23-18)21-14-3-2-4-15(24)9-14/h10-14,24H,2-9H2,1H3,(H2,19,25)(H2,20,21,22,23);11,13-16,24H,2-9H2,1H3,(H2,20,21,22,23)/t11?,12-,13-,14?;13?,14-,15-,16?/m00/s1. The number of aliphatic hydroxyl groups is 2. The number of ether oxygens (including phenoxy) is 2. The van der Waals surface area contributed by atoms with Crippen molar-refractivity contribution in [3.63, 3.8) is 0 Å². The van der Waals surface area contributed by atoms with Crippen LogP contribution in [0.2, 0.25) is 0 Å². The number of anilines is 4. The minimum atomic E-state index is -0.559. The van der Waals surface area contributed by atoms with E-state index in [1.54, 1.807) is 20.4 Å². The highest BCUT2D eigenvalue weighted by Gasteiger charge is 2.26. The molecule has 2 aromatic heterocycles. The number of primary amides is 1. The van der Waals surface area contributed by atoms with Gasteiger partial charge in [0.15, 0.2) is 0 Å². The fourth-order valence-corrected chi connectivity index (χ4v) is 7.61. The van der Waals surface area contributed by atoms with Crippen molar-refractivity contribution in [1.82, 2.24) is 19.9 Å². The van der Waals surface area contributed by atoms with Crippen molar-refractivity contribution in [2.24, 2.45) is 5.73 Å². The zero-order valence-electron chi connectivity index (χ0n) is 30.0. The Morgan fingerprint density at radius 3 is 1.63 bits per heavy atom. The van der Waals surface area contributed by atoms with Crippen LogP contribution in [0.4, 0.5) is 23.5 Å². The summed E-state index contributed by atoms with van der Waals surface area (Å²) in [5, 5.41) is 42.4. The topological polar surface area (TPSA) is 225 Å². The molecule has 4 aliphatic rings. The summed E-state index contributed by atoms with van der Waals surface area (Å²) in [4.78, 5) is 29.3. The van der Waals surface area contributed by atoms with E-state index in [1.807, 2.05) is 0 Å². The lowest BCUT2D eigenvalue weighted by Crippen LogP contribution is -2.32. The Labute approximate surface area is 300 Å². The van der Waals surface area contributed by atoms with Crippen LogP contribution < -0.4 is 27.0 Å². The molecule has 0 aliphatic heterocycles. The van der Waals surface area contributed by atoms with E-state index in [0.29, 0.717) is 66.2 Å². The summed E-state index contributed by atoms with van der Waals surface area (Å²) >= 11 is 0. The van der Waals surface area contributed by atoms with Gasteiger partial charge in [-0.3, -0.25) is 4.79 Å². The molecule has 0 spiro atoms. The first-order valence-electron chi connectivity index (χ1n) is 18.6. The van der Waals surface area contributed by atoms with Gasteiger partial charge in [-0.2, -0.15) is 15.2 Å². The average Bonchev–Trinajstić information content (AvgIpc) is 3.13. The quantitative estimate of drug-likeness (QED) is 0.175. The molecule has 0 unspecified atom stereocenters. The second-order valence-corrected chi connectivity index (χ2v) is 14.4. The largest absolute Gasteiger partial charge is 0.393 e. The molecule has 51 heavy (non-hydrogen) atoms. The molecule has 0 radical (unpaired) electrons. The van der Waals surface area contributed by atoms with E-state index in [2.05, 4.69) is 47.3 Å². The van der Waals surface area contributed by atoms with Crippen LogP contribution in [0.25, 0.3) is 0 Å². The molecule has 4 saturated carbocycles. The smallest absolute Gasteiger partial charge is 0.254 e. The number of hydrogen-bond donors (Lipinski definition) is 7. The number of aliphatic hydroxyl groups excluding tert-OH is 2. The van der Waals surface area contributed by atoms with Crippen LogP contribution in [-0.4, -0.2) is 98.9 Å². The maximum absolute atomic E-state index is 11.7. The number of nitrogens with zero attached hydrogens (tertiary/aromatic N) is 5. The lowest BCUT2D eigenvalue weighted by molar-refractivity contribution is 0.0680. The molecule has 15 heteroatoms. The van der Waals surface area contributed by atoms with E-state index in [0.717, 1.165) is 89.9 Å². The second kappa shape index (κ2) is 19.1. The van der Waals surface area contributed by atoms with E-state index < -0.39 is 5.91 Å². The summed E-state index contributed by atoms with van der Waals surface area (Å²) in [6.45, 7) is 0. The van der Waals surface area contributed by atoms with Crippen molar-refractivity contribution in [1.29, 1.82) is 5.26 Å². The number of carbonyl (C=O) groups excluding carboxylic acids is 1. The molecule has 0 saturated heterocycles. The Kier molecular flexibility index (Phi) is 14.4. The third kappa shape index (κ3) is 11.6. The normalized spacial score (nSPS) is 29.4. The minimum Gasteiger partial charge on any atom is -0.393 e. The summed E-state index contributed by atoms with van der Waals surface area (Å²) in [5.74, 6) is 1.49. The van der Waals surface area contributed by atoms with Crippen molar-refractivity contribution in [3.8, 4) is 6.07 Å². The highest BCUT2D eigenvalue weighted by Crippen LogP contribution is 2.28. The number of methoxy groups -OCH3 is 2. The van der Waals surface area contributed by atoms with E-state index >= 15 is 0 Å². The van der Waals surface area contributed by atoms with Gasteiger partial charge in [0.1, 0.15) is 23.3 Å². The molecule has 1 amide bonds. The van der Waals surface area contributed by atoms with Crippen molar-refractivity contribution >= 4 is 29.4 Å². The molecule has 6 rings (SSSR count). The predicted octanol–water partition coefficient (Wildman–Crippen LogP) is 4.09. The van der Waals surface area contributed by atoms with E-state index in [-0.39, 0.29) is 29.9 Å². The first-order chi connectivity index (χ1) is 24.7. The van der Waals surface area contributed by atoms with Gasteiger partial charge in [0, 0.05) is 44.6 Å². The Balaban J connectivity index is 0.000000198. The molecular formula is C36H56N10O5. The number of nitriles is 1. The molecular weight excluding hydrogens is 652 g/mol. The van der Waals surface area contributed by atoms with Crippen molar-refractivity contribution in [2.45, 2.75) is 151 Å². The second-order valence-electron chi connectivity index (χ2n) is 14.4. The summed E-state index contributed by atoms with van der Waals surface area (Å²) in [6, 6.07) is 3.01. The summed E-state index contributed by atoms with van der Waals surface area (Å²) in [5.41, 5.74) is 6.18. The lowest BCUT2D eigenvalue weighted by Gasteiger charge is -2.29. The molecule has 4 fully saturated rings. The van der Waals surface area contributed by atoms with E-state index in [1.165, 1.54) is 6.20 Å². The average molecular weight is 709 g/mol. The zero-order valence-corrected chi connectivity index (χ0v) is 30.0. The molecule has 2 aromatic rings. The molecule has 0 bridgehead atoms.